The number of ether oxygens (including phenoxy) is 1. The summed E-state index contributed by atoms with van der Waals surface area (Å²) in [5.74, 6) is -3.95. The Balaban J connectivity index is 4.85. The van der Waals surface area contributed by atoms with E-state index in [1.54, 1.807) is 0 Å². The standard InChI is InChI=1S/C24H44O7/c1-4-6-8-10-12-14-16-20(19(3)15-13-11-9-7-5-2)31-22(27)18-24(30,23(28)29)17-21(25)26/h19-20,30H,4-18H2,1-3H3,(H,25,26)(H,28,29). The maximum Gasteiger partial charge on any atom is 0.336 e. The second-order valence-electron chi connectivity index (χ2n) is 8.85. The molecule has 0 aliphatic carbocycles. The van der Waals surface area contributed by atoms with Gasteiger partial charge in [0.25, 0.3) is 0 Å². The number of aliphatic carboxylic acids is 2. The highest BCUT2D eigenvalue weighted by Gasteiger charge is 2.42. The normalized spacial score (nSPS) is 15.1. The van der Waals surface area contributed by atoms with Gasteiger partial charge in [0.15, 0.2) is 5.60 Å². The number of carbonyl (C=O) groups excluding carboxylic acids is 1. The van der Waals surface area contributed by atoms with Crippen molar-refractivity contribution >= 4 is 17.9 Å². The summed E-state index contributed by atoms with van der Waals surface area (Å²) in [6.45, 7) is 6.37. The predicted molar refractivity (Wildman–Crippen MR) is 120 cm³/mol. The van der Waals surface area contributed by atoms with Gasteiger partial charge in [-0.3, -0.25) is 9.59 Å². The second kappa shape index (κ2) is 17.0. The summed E-state index contributed by atoms with van der Waals surface area (Å²) in [4.78, 5) is 34.6. The summed E-state index contributed by atoms with van der Waals surface area (Å²) >= 11 is 0. The molecule has 0 aromatic heterocycles. The number of esters is 1. The molecule has 0 saturated carbocycles. The van der Waals surface area contributed by atoms with Crippen molar-refractivity contribution in [3.8, 4) is 0 Å². The molecule has 0 spiro atoms. The minimum atomic E-state index is -2.66. The van der Waals surface area contributed by atoms with Crippen LogP contribution in [-0.4, -0.2) is 44.9 Å². The van der Waals surface area contributed by atoms with Crippen LogP contribution in [0.5, 0.6) is 0 Å². The predicted octanol–water partition coefficient (Wildman–Crippen LogP) is 5.33. The average Bonchev–Trinajstić information content (AvgIpc) is 2.68. The molecule has 7 nitrogen and oxygen atoms in total. The Morgan fingerprint density at radius 1 is 0.774 bits per heavy atom. The monoisotopic (exact) mass is 444 g/mol. The summed E-state index contributed by atoms with van der Waals surface area (Å²) < 4.78 is 5.59. The lowest BCUT2D eigenvalue weighted by Gasteiger charge is -2.27. The highest BCUT2D eigenvalue weighted by atomic mass is 16.5. The molecule has 0 amide bonds. The van der Waals surface area contributed by atoms with Crippen LogP contribution in [0, 0.1) is 5.92 Å². The molecule has 0 aromatic rings. The molecular formula is C24H44O7. The summed E-state index contributed by atoms with van der Waals surface area (Å²) in [6.07, 6.45) is 11.8. The zero-order chi connectivity index (χ0) is 23.7. The Labute approximate surface area is 187 Å². The minimum absolute atomic E-state index is 0.124. The lowest BCUT2D eigenvalue weighted by Crippen LogP contribution is -2.43. The first kappa shape index (κ1) is 29.4. The van der Waals surface area contributed by atoms with Gasteiger partial charge < -0.3 is 20.1 Å². The van der Waals surface area contributed by atoms with Crippen molar-refractivity contribution in [2.24, 2.45) is 5.92 Å². The smallest absolute Gasteiger partial charge is 0.336 e. The Kier molecular flexibility index (Phi) is 16.1. The van der Waals surface area contributed by atoms with Gasteiger partial charge in [0, 0.05) is 0 Å². The lowest BCUT2D eigenvalue weighted by atomic mass is 9.92. The van der Waals surface area contributed by atoms with E-state index in [4.69, 9.17) is 9.84 Å². The van der Waals surface area contributed by atoms with E-state index >= 15 is 0 Å². The van der Waals surface area contributed by atoms with Gasteiger partial charge in [-0.1, -0.05) is 85.0 Å². The SMILES string of the molecule is CCCCCCCCC(OC(=O)CC(O)(CC(=O)O)C(=O)O)C(C)CCCCCCC. The van der Waals surface area contributed by atoms with Gasteiger partial charge >= 0.3 is 17.9 Å². The number of unbranched alkanes of at least 4 members (excludes halogenated alkanes) is 9. The van der Waals surface area contributed by atoms with Gasteiger partial charge in [0.1, 0.15) is 6.10 Å². The van der Waals surface area contributed by atoms with Crippen LogP contribution >= 0.6 is 0 Å². The fourth-order valence-corrected chi connectivity index (χ4v) is 3.75. The van der Waals surface area contributed by atoms with Crippen molar-refractivity contribution in [2.45, 2.75) is 129 Å². The topological polar surface area (TPSA) is 121 Å². The quantitative estimate of drug-likeness (QED) is 0.171. The average molecular weight is 445 g/mol. The van der Waals surface area contributed by atoms with Crippen LogP contribution in [0.2, 0.25) is 0 Å². The summed E-state index contributed by atoms with van der Waals surface area (Å²) in [7, 11) is 0. The first-order valence-corrected chi connectivity index (χ1v) is 12.0. The van der Waals surface area contributed by atoms with Crippen molar-refractivity contribution in [3.63, 3.8) is 0 Å². The third kappa shape index (κ3) is 14.1. The molecule has 0 aliphatic heterocycles. The summed E-state index contributed by atoms with van der Waals surface area (Å²) in [5.41, 5.74) is -2.66. The van der Waals surface area contributed by atoms with Crippen LogP contribution < -0.4 is 0 Å². The van der Waals surface area contributed by atoms with Gasteiger partial charge in [-0.15, -0.1) is 0 Å². The lowest BCUT2D eigenvalue weighted by molar-refractivity contribution is -0.174. The number of hydrogen-bond acceptors (Lipinski definition) is 5. The molecule has 3 unspecified atom stereocenters. The molecule has 0 bridgehead atoms. The molecule has 3 N–H and O–H groups in total. The zero-order valence-corrected chi connectivity index (χ0v) is 19.7. The molecule has 31 heavy (non-hydrogen) atoms. The maximum absolute atomic E-state index is 12.4. The van der Waals surface area contributed by atoms with E-state index in [1.165, 1.54) is 38.5 Å². The van der Waals surface area contributed by atoms with E-state index in [2.05, 4.69) is 13.8 Å². The van der Waals surface area contributed by atoms with E-state index < -0.39 is 36.4 Å². The molecule has 3 atom stereocenters. The van der Waals surface area contributed by atoms with Gasteiger partial charge in [-0.25, -0.2) is 4.79 Å². The Bertz CT molecular complexity index is 520. The molecular weight excluding hydrogens is 400 g/mol. The number of hydrogen-bond donors (Lipinski definition) is 3. The van der Waals surface area contributed by atoms with E-state index in [0.29, 0.717) is 6.42 Å². The molecule has 0 rings (SSSR count). The third-order valence-corrected chi connectivity index (χ3v) is 5.80. The van der Waals surface area contributed by atoms with Gasteiger partial charge in [-0.05, 0) is 25.2 Å². The maximum atomic E-state index is 12.4. The number of rotatable bonds is 20. The first-order chi connectivity index (χ1) is 14.7. The highest BCUT2D eigenvalue weighted by molar-refractivity contribution is 5.88. The molecule has 0 aromatic carbocycles. The van der Waals surface area contributed by atoms with Crippen molar-refractivity contribution in [3.05, 3.63) is 0 Å². The van der Waals surface area contributed by atoms with Crippen molar-refractivity contribution in [1.29, 1.82) is 0 Å². The number of carboxylic acids is 2. The van der Waals surface area contributed by atoms with Crippen LogP contribution in [0.3, 0.4) is 0 Å². The Morgan fingerprint density at radius 3 is 1.74 bits per heavy atom. The van der Waals surface area contributed by atoms with Gasteiger partial charge in [-0.2, -0.15) is 0 Å². The first-order valence-electron chi connectivity index (χ1n) is 12.0. The van der Waals surface area contributed by atoms with E-state index in [0.717, 1.165) is 38.5 Å². The van der Waals surface area contributed by atoms with Crippen molar-refractivity contribution < 1.29 is 34.4 Å². The van der Waals surface area contributed by atoms with Gasteiger partial charge in [0.05, 0.1) is 12.8 Å². The molecule has 0 radical (unpaired) electrons. The van der Waals surface area contributed by atoms with Gasteiger partial charge in [0.2, 0.25) is 0 Å². The van der Waals surface area contributed by atoms with E-state index in [-0.39, 0.29) is 12.0 Å². The zero-order valence-electron chi connectivity index (χ0n) is 19.7. The largest absolute Gasteiger partial charge is 0.481 e. The molecule has 182 valence electrons. The summed E-state index contributed by atoms with van der Waals surface area (Å²) in [5, 5.41) is 28.2. The number of carbonyl (C=O) groups is 3. The van der Waals surface area contributed by atoms with E-state index in [9.17, 15) is 24.6 Å². The van der Waals surface area contributed by atoms with Crippen LogP contribution in [0.4, 0.5) is 0 Å². The van der Waals surface area contributed by atoms with Crippen molar-refractivity contribution in [2.75, 3.05) is 0 Å². The van der Waals surface area contributed by atoms with Crippen LogP contribution in [0.15, 0.2) is 0 Å². The molecule has 0 heterocycles. The fraction of sp³-hybridized carbons (Fsp3) is 0.875. The minimum Gasteiger partial charge on any atom is -0.481 e. The Morgan fingerprint density at radius 2 is 1.26 bits per heavy atom. The molecule has 7 heteroatoms. The van der Waals surface area contributed by atoms with Crippen LogP contribution in [-0.2, 0) is 19.1 Å². The molecule has 0 fully saturated rings. The van der Waals surface area contributed by atoms with Crippen LogP contribution in [0.25, 0.3) is 0 Å². The van der Waals surface area contributed by atoms with Crippen LogP contribution in [0.1, 0.15) is 117 Å². The van der Waals surface area contributed by atoms with Crippen molar-refractivity contribution in [1.82, 2.24) is 0 Å². The number of aliphatic hydroxyl groups is 1. The molecule has 0 saturated heterocycles. The second-order valence-corrected chi connectivity index (χ2v) is 8.85. The number of carboxylic acid groups (broad SMARTS) is 2. The van der Waals surface area contributed by atoms with E-state index in [1.807, 2.05) is 6.92 Å². The highest BCUT2D eigenvalue weighted by Crippen LogP contribution is 2.24. The third-order valence-electron chi connectivity index (χ3n) is 5.80. The summed E-state index contributed by atoms with van der Waals surface area (Å²) in [6, 6.07) is 0. The Hall–Kier alpha value is -1.63. The molecule has 0 aliphatic rings. The fourth-order valence-electron chi connectivity index (χ4n) is 3.75.